The molecule has 5 heteroatoms. The van der Waals surface area contributed by atoms with Crippen molar-refractivity contribution in [3.8, 4) is 17.1 Å². The van der Waals surface area contributed by atoms with E-state index in [-0.39, 0.29) is 0 Å². The highest BCUT2D eigenvalue weighted by atomic mass is 15.5. The Kier molecular flexibility index (Phi) is 2.95. The Morgan fingerprint density at radius 3 is 2.25 bits per heavy atom. The first-order valence-electron chi connectivity index (χ1n) is 6.36. The van der Waals surface area contributed by atoms with E-state index in [1.54, 1.807) is 4.68 Å². The minimum absolute atomic E-state index is 0.704. The second-order valence-electron chi connectivity index (χ2n) is 4.88. The molecule has 0 aliphatic rings. The Bertz CT molecular complexity index is 723. The van der Waals surface area contributed by atoms with Crippen molar-refractivity contribution >= 4 is 5.69 Å². The Balaban J connectivity index is 2.12. The summed E-state index contributed by atoms with van der Waals surface area (Å²) in [5.41, 5.74) is 10.7. The van der Waals surface area contributed by atoms with Gasteiger partial charge in [0.1, 0.15) is 0 Å². The van der Waals surface area contributed by atoms with E-state index in [0.29, 0.717) is 5.82 Å². The second-order valence-corrected chi connectivity index (χ2v) is 4.88. The number of anilines is 1. The highest BCUT2D eigenvalue weighted by Crippen LogP contribution is 2.21. The summed E-state index contributed by atoms with van der Waals surface area (Å²) in [6.45, 7) is 4.12. The van der Waals surface area contributed by atoms with E-state index < -0.39 is 0 Å². The molecule has 0 spiro atoms. The molecule has 0 aliphatic heterocycles. The number of aryl methyl sites for hydroxylation is 2. The summed E-state index contributed by atoms with van der Waals surface area (Å²) in [5.74, 6) is 0.704. The van der Waals surface area contributed by atoms with Gasteiger partial charge in [0, 0.05) is 11.3 Å². The minimum atomic E-state index is 0.704. The zero-order valence-corrected chi connectivity index (χ0v) is 11.4. The summed E-state index contributed by atoms with van der Waals surface area (Å²) in [5, 5.41) is 12.0. The van der Waals surface area contributed by atoms with Crippen LogP contribution in [0.25, 0.3) is 17.1 Å². The molecule has 100 valence electrons. The smallest absolute Gasteiger partial charge is 0.187 e. The molecule has 1 heterocycles. The average molecular weight is 265 g/mol. The van der Waals surface area contributed by atoms with Crippen LogP contribution >= 0.6 is 0 Å². The van der Waals surface area contributed by atoms with Gasteiger partial charge in [-0.1, -0.05) is 6.07 Å². The van der Waals surface area contributed by atoms with Crippen LogP contribution in [0, 0.1) is 13.8 Å². The highest BCUT2D eigenvalue weighted by molar-refractivity contribution is 5.60. The fraction of sp³-hybridized carbons (Fsp3) is 0.133. The molecule has 0 bridgehead atoms. The van der Waals surface area contributed by atoms with Gasteiger partial charge < -0.3 is 5.73 Å². The third kappa shape index (κ3) is 2.25. The largest absolute Gasteiger partial charge is 0.399 e. The van der Waals surface area contributed by atoms with Crippen molar-refractivity contribution in [1.82, 2.24) is 20.2 Å². The number of hydrogen-bond donors (Lipinski definition) is 1. The molecule has 0 radical (unpaired) electrons. The Labute approximate surface area is 117 Å². The van der Waals surface area contributed by atoms with Crippen molar-refractivity contribution in [3.63, 3.8) is 0 Å². The van der Waals surface area contributed by atoms with Crippen LogP contribution in [0.4, 0.5) is 5.69 Å². The number of aromatic nitrogens is 4. The zero-order valence-electron chi connectivity index (χ0n) is 11.4. The molecular weight excluding hydrogens is 250 g/mol. The van der Waals surface area contributed by atoms with Gasteiger partial charge >= 0.3 is 0 Å². The number of nitrogen functional groups attached to an aromatic ring is 1. The van der Waals surface area contributed by atoms with E-state index in [1.807, 2.05) is 24.3 Å². The van der Waals surface area contributed by atoms with E-state index in [2.05, 4.69) is 47.6 Å². The predicted octanol–water partition coefficient (Wildman–Crippen LogP) is 2.53. The van der Waals surface area contributed by atoms with Gasteiger partial charge in [0.2, 0.25) is 0 Å². The summed E-state index contributed by atoms with van der Waals surface area (Å²) in [4.78, 5) is 0. The van der Waals surface area contributed by atoms with Gasteiger partial charge in [-0.15, -0.1) is 5.10 Å². The number of benzene rings is 2. The monoisotopic (exact) mass is 265 g/mol. The second kappa shape index (κ2) is 4.77. The summed E-state index contributed by atoms with van der Waals surface area (Å²) in [7, 11) is 0. The Hall–Kier alpha value is -2.69. The lowest BCUT2D eigenvalue weighted by molar-refractivity contribution is 0.790. The van der Waals surface area contributed by atoms with Crippen LogP contribution in [0.3, 0.4) is 0 Å². The molecule has 0 saturated heterocycles. The molecule has 0 saturated carbocycles. The zero-order chi connectivity index (χ0) is 14.1. The van der Waals surface area contributed by atoms with Crippen LogP contribution in [0.2, 0.25) is 0 Å². The Morgan fingerprint density at radius 2 is 1.60 bits per heavy atom. The number of tetrazole rings is 1. The molecule has 2 N–H and O–H groups in total. The van der Waals surface area contributed by atoms with Crippen molar-refractivity contribution in [3.05, 3.63) is 53.6 Å². The highest BCUT2D eigenvalue weighted by Gasteiger charge is 2.11. The van der Waals surface area contributed by atoms with E-state index >= 15 is 0 Å². The minimum Gasteiger partial charge on any atom is -0.399 e. The maximum atomic E-state index is 5.71. The summed E-state index contributed by atoms with van der Waals surface area (Å²) < 4.78 is 1.74. The Morgan fingerprint density at radius 1 is 0.950 bits per heavy atom. The van der Waals surface area contributed by atoms with Crippen LogP contribution in [-0.2, 0) is 0 Å². The van der Waals surface area contributed by atoms with E-state index in [1.165, 1.54) is 11.1 Å². The van der Waals surface area contributed by atoms with Crippen LogP contribution in [0.15, 0.2) is 42.5 Å². The number of nitrogens with two attached hydrogens (primary N) is 1. The van der Waals surface area contributed by atoms with Crippen molar-refractivity contribution in [1.29, 1.82) is 0 Å². The quantitative estimate of drug-likeness (QED) is 0.723. The molecule has 3 rings (SSSR count). The molecule has 5 nitrogen and oxygen atoms in total. The maximum Gasteiger partial charge on any atom is 0.187 e. The van der Waals surface area contributed by atoms with Gasteiger partial charge in [0.15, 0.2) is 5.82 Å². The summed E-state index contributed by atoms with van der Waals surface area (Å²) in [6, 6.07) is 13.8. The van der Waals surface area contributed by atoms with Crippen LogP contribution < -0.4 is 5.73 Å². The molecule has 2 aromatic carbocycles. The molecular formula is C15H15N5. The molecule has 0 unspecified atom stereocenters. The van der Waals surface area contributed by atoms with Gasteiger partial charge in [-0.2, -0.15) is 4.68 Å². The van der Waals surface area contributed by atoms with Crippen LogP contribution in [0.1, 0.15) is 11.1 Å². The van der Waals surface area contributed by atoms with Gasteiger partial charge in [-0.25, -0.2) is 0 Å². The molecule has 0 atom stereocenters. The lowest BCUT2D eigenvalue weighted by Gasteiger charge is -2.07. The number of hydrogen-bond acceptors (Lipinski definition) is 4. The van der Waals surface area contributed by atoms with Gasteiger partial charge in [0.05, 0.1) is 5.69 Å². The third-order valence-corrected chi connectivity index (χ3v) is 3.09. The SMILES string of the molecule is Cc1cc(C)cc(-n2nnnc2-c2ccc(N)cc2)c1. The lowest BCUT2D eigenvalue weighted by atomic mass is 10.1. The van der Waals surface area contributed by atoms with Crippen molar-refractivity contribution in [2.75, 3.05) is 5.73 Å². The maximum absolute atomic E-state index is 5.71. The number of nitrogens with zero attached hydrogens (tertiary/aromatic N) is 4. The molecule has 20 heavy (non-hydrogen) atoms. The standard InChI is InChI=1S/C15H15N5/c1-10-7-11(2)9-14(8-10)20-15(17-18-19-20)12-3-5-13(16)6-4-12/h3-9H,16H2,1-2H3. The van der Waals surface area contributed by atoms with Crippen molar-refractivity contribution < 1.29 is 0 Å². The summed E-state index contributed by atoms with van der Waals surface area (Å²) in [6.07, 6.45) is 0. The fourth-order valence-corrected chi connectivity index (χ4v) is 2.25. The first-order valence-corrected chi connectivity index (χ1v) is 6.36. The summed E-state index contributed by atoms with van der Waals surface area (Å²) >= 11 is 0. The first kappa shape index (κ1) is 12.3. The first-order chi connectivity index (χ1) is 9.63. The lowest BCUT2D eigenvalue weighted by Crippen LogP contribution is -2.01. The van der Waals surface area contributed by atoms with Gasteiger partial charge in [0.25, 0.3) is 0 Å². The van der Waals surface area contributed by atoms with Gasteiger partial charge in [-0.3, -0.25) is 0 Å². The molecule has 1 aromatic heterocycles. The fourth-order valence-electron chi connectivity index (χ4n) is 2.25. The molecule has 0 aliphatic carbocycles. The van der Waals surface area contributed by atoms with Crippen LogP contribution in [0.5, 0.6) is 0 Å². The average Bonchev–Trinajstić information content (AvgIpc) is 2.87. The normalized spacial score (nSPS) is 10.7. The number of rotatable bonds is 2. The van der Waals surface area contributed by atoms with E-state index in [4.69, 9.17) is 5.73 Å². The molecule has 3 aromatic rings. The van der Waals surface area contributed by atoms with E-state index in [9.17, 15) is 0 Å². The topological polar surface area (TPSA) is 69.6 Å². The molecule has 0 amide bonds. The van der Waals surface area contributed by atoms with Gasteiger partial charge in [-0.05, 0) is 71.8 Å². The predicted molar refractivity (Wildman–Crippen MR) is 78.5 cm³/mol. The van der Waals surface area contributed by atoms with Crippen molar-refractivity contribution in [2.45, 2.75) is 13.8 Å². The third-order valence-electron chi connectivity index (χ3n) is 3.09. The van der Waals surface area contributed by atoms with E-state index in [0.717, 1.165) is 16.9 Å². The molecule has 0 fully saturated rings. The van der Waals surface area contributed by atoms with Crippen LogP contribution in [-0.4, -0.2) is 20.2 Å². The van der Waals surface area contributed by atoms with Crippen molar-refractivity contribution in [2.24, 2.45) is 0 Å².